The predicted octanol–water partition coefficient (Wildman–Crippen LogP) is 0.691. The molecule has 2 heterocycles. The first kappa shape index (κ1) is 11.2. The number of thioether (sulfide) groups is 1. The Bertz CT molecular complexity index is 380. The van der Waals surface area contributed by atoms with Crippen LogP contribution in [-0.4, -0.2) is 35.7 Å². The van der Waals surface area contributed by atoms with Crippen LogP contribution in [-0.2, 0) is 4.79 Å². The second-order valence-corrected chi connectivity index (χ2v) is 4.35. The summed E-state index contributed by atoms with van der Waals surface area (Å²) in [6.45, 7) is 0. The third-order valence-corrected chi connectivity index (χ3v) is 3.20. The Morgan fingerprint density at radius 2 is 2.62 bits per heavy atom. The topological polar surface area (TPSA) is 63.2 Å². The van der Waals surface area contributed by atoms with Gasteiger partial charge in [0.1, 0.15) is 5.69 Å². The number of pyridine rings is 1. The number of amides is 1. The molecule has 1 unspecified atom stereocenters. The second kappa shape index (κ2) is 5.18. The first-order valence-corrected chi connectivity index (χ1v) is 6.07. The van der Waals surface area contributed by atoms with Crippen LogP contribution in [0.2, 0.25) is 0 Å². The van der Waals surface area contributed by atoms with Gasteiger partial charge in [-0.1, -0.05) is 0 Å². The van der Waals surface area contributed by atoms with Gasteiger partial charge in [0.2, 0.25) is 11.8 Å². The van der Waals surface area contributed by atoms with E-state index >= 15 is 0 Å². The molecule has 2 rings (SSSR count). The summed E-state index contributed by atoms with van der Waals surface area (Å²) >= 11 is 1.71. The maximum absolute atomic E-state index is 11.8. The Labute approximate surface area is 98.0 Å². The van der Waals surface area contributed by atoms with Gasteiger partial charge >= 0.3 is 0 Å². The zero-order chi connectivity index (χ0) is 11.4. The van der Waals surface area contributed by atoms with Gasteiger partial charge in [0, 0.05) is 17.8 Å². The van der Waals surface area contributed by atoms with Gasteiger partial charge in [-0.3, -0.25) is 10.1 Å². The minimum absolute atomic E-state index is 0.0451. The van der Waals surface area contributed by atoms with E-state index in [0.29, 0.717) is 11.6 Å². The molecule has 1 aromatic heterocycles. The van der Waals surface area contributed by atoms with Crippen molar-refractivity contribution in [1.29, 1.82) is 0 Å². The SMILES string of the molecule is COc1ncccc1NC(=O)C1CSCN1. The van der Waals surface area contributed by atoms with Crippen LogP contribution in [0.5, 0.6) is 5.88 Å². The van der Waals surface area contributed by atoms with E-state index in [1.165, 1.54) is 7.11 Å². The average Bonchev–Trinajstić information content (AvgIpc) is 2.83. The van der Waals surface area contributed by atoms with Gasteiger partial charge in [0.05, 0.1) is 13.2 Å². The molecule has 0 bridgehead atoms. The van der Waals surface area contributed by atoms with E-state index in [1.54, 1.807) is 30.1 Å². The van der Waals surface area contributed by atoms with Crippen LogP contribution in [0, 0.1) is 0 Å². The highest BCUT2D eigenvalue weighted by atomic mass is 32.2. The molecule has 0 spiro atoms. The summed E-state index contributed by atoms with van der Waals surface area (Å²) in [7, 11) is 1.53. The summed E-state index contributed by atoms with van der Waals surface area (Å²) in [5.41, 5.74) is 0.605. The molecule has 16 heavy (non-hydrogen) atoms. The van der Waals surface area contributed by atoms with Crippen LogP contribution in [0.3, 0.4) is 0 Å². The molecule has 1 atom stereocenters. The molecular weight excluding hydrogens is 226 g/mol. The summed E-state index contributed by atoms with van der Waals surface area (Å²) in [5.74, 6) is 2.01. The van der Waals surface area contributed by atoms with E-state index in [1.807, 2.05) is 0 Å². The Morgan fingerprint density at radius 3 is 3.31 bits per heavy atom. The normalized spacial score (nSPS) is 19.4. The molecule has 0 saturated carbocycles. The van der Waals surface area contributed by atoms with Crippen molar-refractivity contribution in [2.24, 2.45) is 0 Å². The third-order valence-electron chi connectivity index (χ3n) is 2.26. The summed E-state index contributed by atoms with van der Waals surface area (Å²) in [6.07, 6.45) is 1.62. The fourth-order valence-electron chi connectivity index (χ4n) is 1.43. The van der Waals surface area contributed by atoms with Crippen molar-refractivity contribution in [3.63, 3.8) is 0 Å². The lowest BCUT2D eigenvalue weighted by Crippen LogP contribution is -2.37. The van der Waals surface area contributed by atoms with Crippen molar-refractivity contribution in [3.05, 3.63) is 18.3 Å². The molecule has 0 radical (unpaired) electrons. The van der Waals surface area contributed by atoms with Gasteiger partial charge in [-0.15, -0.1) is 11.8 Å². The van der Waals surface area contributed by atoms with E-state index in [-0.39, 0.29) is 11.9 Å². The molecule has 6 heteroatoms. The highest BCUT2D eigenvalue weighted by Gasteiger charge is 2.23. The van der Waals surface area contributed by atoms with E-state index < -0.39 is 0 Å². The van der Waals surface area contributed by atoms with Crippen molar-refractivity contribution < 1.29 is 9.53 Å². The maximum atomic E-state index is 11.8. The van der Waals surface area contributed by atoms with Crippen LogP contribution < -0.4 is 15.4 Å². The Kier molecular flexibility index (Phi) is 3.63. The van der Waals surface area contributed by atoms with Crippen LogP contribution in [0.25, 0.3) is 0 Å². The minimum Gasteiger partial charge on any atom is -0.480 e. The number of carbonyl (C=O) groups excluding carboxylic acids is 1. The largest absolute Gasteiger partial charge is 0.480 e. The lowest BCUT2D eigenvalue weighted by molar-refractivity contribution is -0.117. The van der Waals surface area contributed by atoms with Crippen LogP contribution in [0.15, 0.2) is 18.3 Å². The number of aromatic nitrogens is 1. The molecule has 1 aromatic rings. The van der Waals surface area contributed by atoms with Crippen molar-refractivity contribution in [2.75, 3.05) is 24.1 Å². The number of rotatable bonds is 3. The van der Waals surface area contributed by atoms with Crippen molar-refractivity contribution in [1.82, 2.24) is 10.3 Å². The predicted molar refractivity (Wildman–Crippen MR) is 63.7 cm³/mol. The molecule has 86 valence electrons. The zero-order valence-electron chi connectivity index (χ0n) is 8.90. The lowest BCUT2D eigenvalue weighted by Gasteiger charge is -2.12. The number of ether oxygens (including phenoxy) is 1. The van der Waals surface area contributed by atoms with Crippen molar-refractivity contribution >= 4 is 23.4 Å². The van der Waals surface area contributed by atoms with Gasteiger partial charge in [0.25, 0.3) is 0 Å². The van der Waals surface area contributed by atoms with Gasteiger partial charge < -0.3 is 10.1 Å². The summed E-state index contributed by atoms with van der Waals surface area (Å²) in [5, 5.41) is 5.90. The van der Waals surface area contributed by atoms with Crippen LogP contribution >= 0.6 is 11.8 Å². The van der Waals surface area contributed by atoms with E-state index in [9.17, 15) is 4.79 Å². The van der Waals surface area contributed by atoms with Crippen molar-refractivity contribution in [2.45, 2.75) is 6.04 Å². The summed E-state index contributed by atoms with van der Waals surface area (Å²) in [4.78, 5) is 15.8. The Balaban J connectivity index is 2.05. The molecule has 1 aliphatic rings. The monoisotopic (exact) mass is 239 g/mol. The van der Waals surface area contributed by atoms with E-state index in [4.69, 9.17) is 4.74 Å². The van der Waals surface area contributed by atoms with Gasteiger partial charge in [-0.25, -0.2) is 4.98 Å². The van der Waals surface area contributed by atoms with E-state index in [0.717, 1.165) is 11.6 Å². The molecule has 0 aliphatic carbocycles. The van der Waals surface area contributed by atoms with Gasteiger partial charge in [-0.05, 0) is 12.1 Å². The fraction of sp³-hybridized carbons (Fsp3) is 0.400. The first-order valence-electron chi connectivity index (χ1n) is 4.92. The molecule has 1 amide bonds. The van der Waals surface area contributed by atoms with Gasteiger partial charge in [0.15, 0.2) is 0 Å². The number of hydrogen-bond acceptors (Lipinski definition) is 5. The quantitative estimate of drug-likeness (QED) is 0.812. The first-order chi connectivity index (χ1) is 7.81. The highest BCUT2D eigenvalue weighted by molar-refractivity contribution is 7.99. The highest BCUT2D eigenvalue weighted by Crippen LogP contribution is 2.20. The lowest BCUT2D eigenvalue weighted by atomic mass is 10.3. The van der Waals surface area contributed by atoms with Crippen LogP contribution in [0.1, 0.15) is 0 Å². The fourth-order valence-corrected chi connectivity index (χ4v) is 2.37. The molecule has 1 saturated heterocycles. The van der Waals surface area contributed by atoms with Gasteiger partial charge in [-0.2, -0.15) is 0 Å². The Hall–Kier alpha value is -1.27. The minimum atomic E-state index is -0.130. The number of nitrogens with one attached hydrogen (secondary N) is 2. The molecule has 1 aliphatic heterocycles. The maximum Gasteiger partial charge on any atom is 0.242 e. The van der Waals surface area contributed by atoms with E-state index in [2.05, 4.69) is 15.6 Å². The smallest absolute Gasteiger partial charge is 0.242 e. The number of nitrogens with zero attached hydrogens (tertiary/aromatic N) is 1. The number of methoxy groups -OCH3 is 1. The molecule has 1 fully saturated rings. The standard InChI is InChI=1S/C10H13N3O2S/c1-15-10-7(3-2-4-11-10)13-9(14)8-5-16-6-12-8/h2-4,8,12H,5-6H2,1H3,(H,13,14). The van der Waals surface area contributed by atoms with Crippen molar-refractivity contribution in [3.8, 4) is 5.88 Å². The summed E-state index contributed by atoms with van der Waals surface area (Å²) < 4.78 is 5.06. The molecule has 0 aromatic carbocycles. The second-order valence-electron chi connectivity index (χ2n) is 3.32. The number of hydrogen-bond donors (Lipinski definition) is 2. The molecule has 5 nitrogen and oxygen atoms in total. The number of anilines is 1. The number of carbonyl (C=O) groups is 1. The third kappa shape index (κ3) is 2.45. The molecule has 2 N–H and O–H groups in total. The zero-order valence-corrected chi connectivity index (χ0v) is 9.71. The summed E-state index contributed by atoms with van der Waals surface area (Å²) in [6, 6.07) is 3.40. The van der Waals surface area contributed by atoms with Crippen LogP contribution in [0.4, 0.5) is 5.69 Å². The molecular formula is C10H13N3O2S. The average molecular weight is 239 g/mol. The Morgan fingerprint density at radius 1 is 1.75 bits per heavy atom.